The van der Waals surface area contributed by atoms with Crippen molar-refractivity contribution in [2.45, 2.75) is 57.5 Å². The van der Waals surface area contributed by atoms with Gasteiger partial charge in [-0.1, -0.05) is 68.3 Å². The Morgan fingerprint density at radius 2 is 1.72 bits per heavy atom. The fourth-order valence-electron chi connectivity index (χ4n) is 4.35. The third kappa shape index (κ3) is 3.95. The molecule has 0 radical (unpaired) electrons. The molecule has 0 bridgehead atoms. The molecule has 1 aliphatic carbocycles. The van der Waals surface area contributed by atoms with E-state index in [0.29, 0.717) is 11.9 Å². The largest absolute Gasteiger partial charge is 0.350 e. The summed E-state index contributed by atoms with van der Waals surface area (Å²) in [7, 11) is 0. The Morgan fingerprint density at radius 1 is 1.07 bits per heavy atom. The molecule has 1 aromatic heterocycles. The van der Waals surface area contributed by atoms with Crippen LogP contribution in [0, 0.1) is 0 Å². The number of benzene rings is 2. The van der Waals surface area contributed by atoms with Gasteiger partial charge in [0, 0.05) is 5.39 Å². The first kappa shape index (κ1) is 19.4. The molecular formula is C24H27N3O2. The van der Waals surface area contributed by atoms with Crippen molar-refractivity contribution in [3.63, 3.8) is 0 Å². The number of aromatic nitrogens is 2. The van der Waals surface area contributed by atoms with Crippen molar-refractivity contribution < 1.29 is 4.79 Å². The number of nitrogens with one attached hydrogen (secondary N) is 1. The molecule has 1 heterocycles. The van der Waals surface area contributed by atoms with Gasteiger partial charge in [0.05, 0.1) is 29.6 Å². The average Bonchev–Trinajstić information content (AvgIpc) is 3.29. The molecule has 1 N–H and O–H groups in total. The monoisotopic (exact) mass is 389 g/mol. The minimum atomic E-state index is -0.191. The van der Waals surface area contributed by atoms with Crippen LogP contribution >= 0.6 is 0 Å². The van der Waals surface area contributed by atoms with Gasteiger partial charge in [0.15, 0.2) is 0 Å². The topological polar surface area (TPSA) is 64.0 Å². The van der Waals surface area contributed by atoms with Gasteiger partial charge in [-0.25, -0.2) is 4.68 Å². The van der Waals surface area contributed by atoms with E-state index in [4.69, 9.17) is 5.10 Å². The minimum absolute atomic E-state index is 0.0109. The van der Waals surface area contributed by atoms with Crippen molar-refractivity contribution in [1.82, 2.24) is 15.1 Å². The average molecular weight is 389 g/mol. The molecule has 0 saturated heterocycles. The Balaban J connectivity index is 1.62. The van der Waals surface area contributed by atoms with Gasteiger partial charge in [-0.3, -0.25) is 9.59 Å². The van der Waals surface area contributed by atoms with Gasteiger partial charge in [-0.15, -0.1) is 0 Å². The van der Waals surface area contributed by atoms with Gasteiger partial charge in [0.25, 0.3) is 5.56 Å². The molecule has 1 saturated carbocycles. The molecule has 4 rings (SSSR count). The summed E-state index contributed by atoms with van der Waals surface area (Å²) in [6.45, 7) is 2.33. The van der Waals surface area contributed by atoms with Crippen molar-refractivity contribution in [1.29, 1.82) is 0 Å². The van der Waals surface area contributed by atoms with Crippen LogP contribution in [0.15, 0.2) is 59.4 Å². The van der Waals surface area contributed by atoms with Crippen LogP contribution in [0.2, 0.25) is 0 Å². The molecule has 5 heteroatoms. The number of carbonyl (C=O) groups excluding carboxylic acids is 1. The van der Waals surface area contributed by atoms with Gasteiger partial charge >= 0.3 is 0 Å². The van der Waals surface area contributed by atoms with Crippen molar-refractivity contribution in [2.75, 3.05) is 0 Å². The van der Waals surface area contributed by atoms with Gasteiger partial charge in [0.1, 0.15) is 0 Å². The van der Waals surface area contributed by atoms with Crippen LogP contribution in [0.5, 0.6) is 0 Å². The quantitative estimate of drug-likeness (QED) is 0.683. The van der Waals surface area contributed by atoms with E-state index in [2.05, 4.69) is 5.32 Å². The van der Waals surface area contributed by atoms with Gasteiger partial charge < -0.3 is 5.32 Å². The molecule has 0 aliphatic heterocycles. The third-order valence-corrected chi connectivity index (χ3v) is 5.93. The molecule has 1 atom stereocenters. The van der Waals surface area contributed by atoms with Crippen LogP contribution < -0.4 is 10.9 Å². The molecular weight excluding hydrogens is 362 g/mol. The van der Waals surface area contributed by atoms with Crippen molar-refractivity contribution in [3.8, 4) is 0 Å². The summed E-state index contributed by atoms with van der Waals surface area (Å²) in [5.41, 5.74) is 1.74. The van der Waals surface area contributed by atoms with Crippen molar-refractivity contribution in [3.05, 3.63) is 76.2 Å². The SMILES string of the molecule is CCC(C(=O)NCc1nn(C2CCCC2)c(=O)c2ccccc12)c1ccccc1. The lowest BCUT2D eigenvalue weighted by atomic mass is 9.95. The van der Waals surface area contributed by atoms with E-state index in [0.717, 1.165) is 48.7 Å². The van der Waals surface area contributed by atoms with E-state index in [-0.39, 0.29) is 23.4 Å². The zero-order chi connectivity index (χ0) is 20.2. The highest BCUT2D eigenvalue weighted by molar-refractivity contribution is 5.86. The number of rotatable bonds is 6. The van der Waals surface area contributed by atoms with Gasteiger partial charge in [0.2, 0.25) is 5.91 Å². The number of hydrogen-bond donors (Lipinski definition) is 1. The molecule has 0 spiro atoms. The maximum atomic E-state index is 13.0. The normalized spacial score (nSPS) is 15.5. The zero-order valence-corrected chi connectivity index (χ0v) is 16.8. The Kier molecular flexibility index (Phi) is 5.74. The van der Waals surface area contributed by atoms with Crippen LogP contribution in [0.3, 0.4) is 0 Å². The molecule has 1 amide bonds. The summed E-state index contributed by atoms with van der Waals surface area (Å²) < 4.78 is 1.66. The number of hydrogen-bond acceptors (Lipinski definition) is 3. The Labute approximate surface area is 170 Å². The highest BCUT2D eigenvalue weighted by atomic mass is 16.2. The summed E-state index contributed by atoms with van der Waals surface area (Å²) in [6.07, 6.45) is 4.97. The maximum absolute atomic E-state index is 13.0. The minimum Gasteiger partial charge on any atom is -0.350 e. The van der Waals surface area contributed by atoms with E-state index >= 15 is 0 Å². The summed E-state index contributed by atoms with van der Waals surface area (Å²) in [4.78, 5) is 25.8. The second-order valence-electron chi connectivity index (χ2n) is 7.77. The lowest BCUT2D eigenvalue weighted by Gasteiger charge is -2.18. The standard InChI is InChI=1S/C24H27N3O2/c1-2-19(17-10-4-3-5-11-17)23(28)25-16-22-20-14-8-9-15-21(20)24(29)27(26-22)18-12-6-7-13-18/h3-5,8-11,14-15,18-19H,2,6-7,12-13,16H2,1H3,(H,25,28). The van der Waals surface area contributed by atoms with Crippen LogP contribution in [0.1, 0.15) is 62.2 Å². The lowest BCUT2D eigenvalue weighted by molar-refractivity contribution is -0.122. The Bertz CT molecular complexity index is 1050. The summed E-state index contributed by atoms with van der Waals surface area (Å²) in [5, 5.41) is 9.26. The van der Waals surface area contributed by atoms with Gasteiger partial charge in [-0.05, 0) is 30.9 Å². The first-order valence-electron chi connectivity index (χ1n) is 10.5. The lowest BCUT2D eigenvalue weighted by Crippen LogP contribution is -2.32. The molecule has 1 unspecified atom stereocenters. The highest BCUT2D eigenvalue weighted by Crippen LogP contribution is 2.28. The van der Waals surface area contributed by atoms with Crippen LogP contribution in [0.25, 0.3) is 10.8 Å². The first-order chi connectivity index (χ1) is 14.2. The van der Waals surface area contributed by atoms with Crippen molar-refractivity contribution in [2.24, 2.45) is 0 Å². The third-order valence-electron chi connectivity index (χ3n) is 5.93. The molecule has 2 aromatic carbocycles. The van der Waals surface area contributed by atoms with E-state index in [1.807, 2.05) is 61.5 Å². The summed E-state index contributed by atoms with van der Waals surface area (Å²) in [5.74, 6) is -0.202. The maximum Gasteiger partial charge on any atom is 0.274 e. The molecule has 150 valence electrons. The molecule has 3 aromatic rings. The molecule has 5 nitrogen and oxygen atoms in total. The second-order valence-corrected chi connectivity index (χ2v) is 7.77. The molecule has 1 fully saturated rings. The Morgan fingerprint density at radius 3 is 2.41 bits per heavy atom. The number of carbonyl (C=O) groups is 1. The predicted molar refractivity (Wildman–Crippen MR) is 115 cm³/mol. The van der Waals surface area contributed by atoms with Crippen molar-refractivity contribution >= 4 is 16.7 Å². The smallest absolute Gasteiger partial charge is 0.274 e. The van der Waals surface area contributed by atoms with Crippen LogP contribution in [-0.4, -0.2) is 15.7 Å². The molecule has 29 heavy (non-hydrogen) atoms. The van der Waals surface area contributed by atoms with E-state index in [1.165, 1.54) is 0 Å². The fraction of sp³-hybridized carbons (Fsp3) is 0.375. The van der Waals surface area contributed by atoms with Gasteiger partial charge in [-0.2, -0.15) is 5.10 Å². The number of nitrogens with zero attached hydrogens (tertiary/aromatic N) is 2. The van der Waals surface area contributed by atoms with Crippen LogP contribution in [0.4, 0.5) is 0 Å². The van der Waals surface area contributed by atoms with Crippen LogP contribution in [-0.2, 0) is 11.3 Å². The fourth-order valence-corrected chi connectivity index (χ4v) is 4.35. The predicted octanol–water partition coefficient (Wildman–Crippen LogP) is 4.32. The van der Waals surface area contributed by atoms with E-state index in [1.54, 1.807) is 4.68 Å². The first-order valence-corrected chi connectivity index (χ1v) is 10.5. The number of fused-ring (bicyclic) bond motifs is 1. The van der Waals surface area contributed by atoms with E-state index in [9.17, 15) is 9.59 Å². The van der Waals surface area contributed by atoms with E-state index < -0.39 is 0 Å². The highest BCUT2D eigenvalue weighted by Gasteiger charge is 2.22. The summed E-state index contributed by atoms with van der Waals surface area (Å²) in [6, 6.07) is 17.6. The zero-order valence-electron chi connectivity index (χ0n) is 16.8. The Hall–Kier alpha value is -2.95. The second kappa shape index (κ2) is 8.60. The molecule has 1 aliphatic rings. The number of amides is 1. The summed E-state index contributed by atoms with van der Waals surface area (Å²) >= 11 is 0.